The van der Waals surface area contributed by atoms with Crippen LogP contribution in [0.5, 0.6) is 0 Å². The highest BCUT2D eigenvalue weighted by Crippen LogP contribution is 2.36. The quantitative estimate of drug-likeness (QED) is 0.0851. The number of carbonyl (C=O) groups excluding carboxylic acids is 1. The monoisotopic (exact) mass is 598 g/mol. The third kappa shape index (κ3) is 7.65. The van der Waals surface area contributed by atoms with Gasteiger partial charge < -0.3 is 14.2 Å². The maximum atomic E-state index is 15.1. The first-order valence-corrected chi connectivity index (χ1v) is 15.4. The maximum absolute atomic E-state index is 15.1. The van der Waals surface area contributed by atoms with Crippen LogP contribution in [0, 0.1) is 29.2 Å². The van der Waals surface area contributed by atoms with E-state index in [1.807, 2.05) is 0 Å². The number of hydrogen-bond acceptors (Lipinski definition) is 4. The molecular formula is C35H38F4O4. The molecule has 2 aliphatic rings. The topological polar surface area (TPSA) is 48.1 Å². The van der Waals surface area contributed by atoms with Crippen molar-refractivity contribution in [1.82, 2.24) is 0 Å². The van der Waals surface area contributed by atoms with E-state index in [9.17, 15) is 13.6 Å². The number of ether oxygens (including phenoxy) is 3. The van der Waals surface area contributed by atoms with Crippen molar-refractivity contribution in [3.8, 4) is 22.3 Å². The molecule has 0 amide bonds. The number of unbranched alkanes of at least 4 members (excludes halogenated alkanes) is 6. The van der Waals surface area contributed by atoms with Crippen molar-refractivity contribution in [2.24, 2.45) is 5.92 Å². The van der Waals surface area contributed by atoms with Gasteiger partial charge in [-0.1, -0.05) is 94.3 Å². The van der Waals surface area contributed by atoms with Crippen LogP contribution in [0.15, 0.2) is 48.5 Å². The lowest BCUT2D eigenvalue weighted by Crippen LogP contribution is -2.30. The van der Waals surface area contributed by atoms with Gasteiger partial charge in [-0.05, 0) is 36.0 Å². The van der Waals surface area contributed by atoms with Crippen LogP contribution in [-0.4, -0.2) is 25.5 Å². The smallest absolute Gasteiger partial charge is 0.343 e. The van der Waals surface area contributed by atoms with Crippen molar-refractivity contribution in [1.29, 1.82) is 0 Å². The first-order valence-electron chi connectivity index (χ1n) is 15.4. The Balaban J connectivity index is 1.15. The molecular weight excluding hydrogens is 560 g/mol. The fourth-order valence-corrected chi connectivity index (χ4v) is 5.70. The van der Waals surface area contributed by atoms with Gasteiger partial charge in [0.25, 0.3) is 0 Å². The van der Waals surface area contributed by atoms with E-state index in [0.29, 0.717) is 36.7 Å². The van der Waals surface area contributed by atoms with Crippen LogP contribution in [0.1, 0.15) is 93.2 Å². The molecule has 0 bridgehead atoms. The third-order valence-electron chi connectivity index (χ3n) is 8.38. The van der Waals surface area contributed by atoms with Crippen LogP contribution >= 0.6 is 0 Å². The van der Waals surface area contributed by atoms with E-state index in [1.54, 1.807) is 0 Å². The Morgan fingerprint density at radius 2 is 1.33 bits per heavy atom. The average molecular weight is 599 g/mol. The van der Waals surface area contributed by atoms with Gasteiger partial charge in [-0.3, -0.25) is 0 Å². The fourth-order valence-electron chi connectivity index (χ4n) is 5.70. The van der Waals surface area contributed by atoms with Gasteiger partial charge in [-0.25, -0.2) is 22.4 Å². The Labute approximate surface area is 250 Å². The maximum Gasteiger partial charge on any atom is 0.343 e. The second-order valence-electron chi connectivity index (χ2n) is 11.5. The summed E-state index contributed by atoms with van der Waals surface area (Å²) in [6.45, 7) is 3.05. The summed E-state index contributed by atoms with van der Waals surface area (Å²) < 4.78 is 75.4. The second-order valence-corrected chi connectivity index (χ2v) is 11.5. The fraction of sp³-hybridized carbons (Fsp3) is 0.457. The zero-order valence-corrected chi connectivity index (χ0v) is 24.5. The van der Waals surface area contributed by atoms with Crippen molar-refractivity contribution < 1.29 is 36.6 Å². The number of halogens is 4. The van der Waals surface area contributed by atoms with E-state index in [-0.39, 0.29) is 16.7 Å². The van der Waals surface area contributed by atoms with Crippen molar-refractivity contribution >= 4 is 5.97 Å². The minimum Gasteiger partial charge on any atom is -0.432 e. The molecule has 2 saturated heterocycles. The Bertz CT molecular complexity index is 1400. The molecule has 0 saturated carbocycles. The van der Waals surface area contributed by atoms with E-state index >= 15 is 8.78 Å². The summed E-state index contributed by atoms with van der Waals surface area (Å²) >= 11 is 0. The van der Waals surface area contributed by atoms with Gasteiger partial charge in [0.1, 0.15) is 6.10 Å². The number of rotatable bonds is 13. The summed E-state index contributed by atoms with van der Waals surface area (Å²) in [5.74, 6) is -5.03. The van der Waals surface area contributed by atoms with Gasteiger partial charge >= 0.3 is 5.97 Å². The first-order chi connectivity index (χ1) is 20.9. The highest BCUT2D eigenvalue weighted by molar-refractivity contribution is 5.90. The molecule has 43 heavy (non-hydrogen) atoms. The van der Waals surface area contributed by atoms with Gasteiger partial charge in [0, 0.05) is 23.1 Å². The number of carbonyl (C=O) groups is 1. The number of benzene rings is 3. The predicted octanol–water partition coefficient (Wildman–Crippen LogP) is 9.70. The number of epoxide rings is 1. The zero-order chi connectivity index (χ0) is 30.3. The molecule has 3 aromatic carbocycles. The van der Waals surface area contributed by atoms with Crippen molar-refractivity contribution in [2.75, 3.05) is 13.2 Å². The minimum absolute atomic E-state index is 0.0484. The SMILES string of the molecule is CCCCCCCCCC1CCC(OC(=O)c2ccc(-c3ccc(-c4ccc(C5CO5)c(F)c4F)cc3)c(F)c2F)OC1. The summed E-state index contributed by atoms with van der Waals surface area (Å²) in [4.78, 5) is 12.7. The first kappa shape index (κ1) is 31.2. The molecule has 3 aromatic rings. The lowest BCUT2D eigenvalue weighted by Gasteiger charge is -2.28. The molecule has 2 heterocycles. The van der Waals surface area contributed by atoms with Crippen molar-refractivity contribution in [2.45, 2.75) is 83.5 Å². The molecule has 0 N–H and O–H groups in total. The predicted molar refractivity (Wildman–Crippen MR) is 156 cm³/mol. The Morgan fingerprint density at radius 3 is 1.93 bits per heavy atom. The number of esters is 1. The lowest BCUT2D eigenvalue weighted by molar-refractivity contribution is -0.146. The molecule has 0 radical (unpaired) electrons. The average Bonchev–Trinajstić information content (AvgIpc) is 3.86. The molecule has 2 fully saturated rings. The minimum atomic E-state index is -1.31. The van der Waals surface area contributed by atoms with Crippen LogP contribution in [0.25, 0.3) is 22.3 Å². The van der Waals surface area contributed by atoms with Gasteiger partial charge in [0.05, 0.1) is 18.8 Å². The van der Waals surface area contributed by atoms with E-state index < -0.39 is 47.2 Å². The van der Waals surface area contributed by atoms with E-state index in [1.165, 1.54) is 87.1 Å². The normalized spacial score (nSPS) is 19.8. The highest BCUT2D eigenvalue weighted by atomic mass is 19.2. The van der Waals surface area contributed by atoms with Crippen molar-refractivity contribution in [3.05, 3.63) is 82.9 Å². The van der Waals surface area contributed by atoms with Gasteiger partial charge in [0.15, 0.2) is 23.3 Å². The van der Waals surface area contributed by atoms with Crippen molar-refractivity contribution in [3.63, 3.8) is 0 Å². The molecule has 0 aromatic heterocycles. The Morgan fingerprint density at radius 1 is 0.721 bits per heavy atom. The van der Waals surface area contributed by atoms with E-state index in [0.717, 1.165) is 19.3 Å². The van der Waals surface area contributed by atoms with Gasteiger partial charge in [-0.2, -0.15) is 0 Å². The molecule has 4 nitrogen and oxygen atoms in total. The summed E-state index contributed by atoms with van der Waals surface area (Å²) in [5, 5.41) is 0. The van der Waals surface area contributed by atoms with Gasteiger partial charge in [0.2, 0.25) is 6.29 Å². The summed E-state index contributed by atoms with van der Waals surface area (Å²) in [7, 11) is 0. The summed E-state index contributed by atoms with van der Waals surface area (Å²) in [6, 6.07) is 11.4. The Hall–Kier alpha value is -3.23. The molecule has 3 atom stereocenters. The van der Waals surface area contributed by atoms with Crippen LogP contribution in [0.3, 0.4) is 0 Å². The number of hydrogen-bond donors (Lipinski definition) is 0. The molecule has 8 heteroatoms. The molecule has 2 aliphatic heterocycles. The molecule has 0 spiro atoms. The van der Waals surface area contributed by atoms with Crippen LogP contribution in [-0.2, 0) is 14.2 Å². The standard InChI is InChI=1S/C35H38F4O4/c1-2-3-4-5-6-7-8-9-22-10-19-30(42-20-22)43-35(40)28-18-16-26(32(37)34(28)39)24-13-11-23(12-14-24)25-15-17-27(29-21-41-29)33(38)31(25)36/h11-18,22,29-30H,2-10,19-21H2,1H3. The third-order valence-corrected chi connectivity index (χ3v) is 8.38. The molecule has 5 rings (SSSR count). The second kappa shape index (κ2) is 14.5. The highest BCUT2D eigenvalue weighted by Gasteiger charge is 2.30. The zero-order valence-electron chi connectivity index (χ0n) is 24.5. The van der Waals surface area contributed by atoms with Gasteiger partial charge in [-0.15, -0.1) is 0 Å². The molecule has 0 aliphatic carbocycles. The Kier molecular flexibility index (Phi) is 10.5. The largest absolute Gasteiger partial charge is 0.432 e. The summed E-state index contributed by atoms with van der Waals surface area (Å²) in [6.07, 6.45) is 9.99. The molecule has 230 valence electrons. The molecule has 3 unspecified atom stereocenters. The van der Waals surface area contributed by atoms with Crippen LogP contribution in [0.4, 0.5) is 17.6 Å². The lowest BCUT2D eigenvalue weighted by atomic mass is 9.94. The van der Waals surface area contributed by atoms with Crippen LogP contribution < -0.4 is 0 Å². The summed E-state index contributed by atoms with van der Waals surface area (Å²) in [5.41, 5.74) is 0.326. The van der Waals surface area contributed by atoms with Crippen LogP contribution in [0.2, 0.25) is 0 Å². The van der Waals surface area contributed by atoms with E-state index in [4.69, 9.17) is 14.2 Å². The van der Waals surface area contributed by atoms with E-state index in [2.05, 4.69) is 6.92 Å².